The molecule has 1 N–H and O–H groups in total. The minimum atomic E-state index is -2.98. The van der Waals surface area contributed by atoms with Crippen molar-refractivity contribution in [3.63, 3.8) is 0 Å². The molecule has 0 spiro atoms. The van der Waals surface area contributed by atoms with E-state index in [1.165, 1.54) is 0 Å². The molecule has 3 rings (SSSR count). The maximum atomic E-state index is 12.5. The van der Waals surface area contributed by atoms with Crippen LogP contribution in [0.3, 0.4) is 0 Å². The number of rotatable bonds is 7. The summed E-state index contributed by atoms with van der Waals surface area (Å²) in [6.45, 7) is -2.25. The Morgan fingerprint density at radius 2 is 1.85 bits per heavy atom. The molecule has 138 valence electrons. The number of benzene rings is 2. The van der Waals surface area contributed by atoms with Crippen LogP contribution in [-0.4, -0.2) is 41.8 Å². The lowest BCUT2D eigenvalue weighted by molar-refractivity contribution is -0.176. The maximum absolute atomic E-state index is 12.5. The van der Waals surface area contributed by atoms with Crippen molar-refractivity contribution in [2.24, 2.45) is 5.92 Å². The number of carboxylic acid groups (broad SMARTS) is 1. The smallest absolute Gasteiger partial charge is 0.345 e. The van der Waals surface area contributed by atoms with Crippen LogP contribution in [0.15, 0.2) is 54.6 Å². The summed E-state index contributed by atoms with van der Waals surface area (Å²) in [6, 6.07) is 16.7. The summed E-state index contributed by atoms with van der Waals surface area (Å²) >= 11 is 0. The van der Waals surface area contributed by atoms with Gasteiger partial charge in [0.15, 0.2) is 0 Å². The minimum absolute atomic E-state index is 0.144. The van der Waals surface area contributed by atoms with Crippen molar-refractivity contribution < 1.29 is 28.2 Å². The second kappa shape index (κ2) is 8.25. The van der Waals surface area contributed by atoms with Gasteiger partial charge in [-0.05, 0) is 29.8 Å². The Labute approximate surface area is 149 Å². The minimum Gasteiger partial charge on any atom is -0.481 e. The zero-order chi connectivity index (χ0) is 18.5. The number of ether oxygens (including phenoxy) is 2. The summed E-state index contributed by atoms with van der Waals surface area (Å²) in [4.78, 5) is 13.1. The van der Waals surface area contributed by atoms with E-state index in [1.807, 2.05) is 54.6 Å². The molecule has 2 aromatic rings. The quantitative estimate of drug-likeness (QED) is 0.814. The van der Waals surface area contributed by atoms with Crippen LogP contribution in [0, 0.1) is 5.92 Å². The first-order valence-electron chi connectivity index (χ1n) is 8.22. The van der Waals surface area contributed by atoms with E-state index in [1.54, 1.807) is 4.90 Å². The van der Waals surface area contributed by atoms with Crippen molar-refractivity contribution in [3.8, 4) is 11.5 Å². The van der Waals surface area contributed by atoms with E-state index in [2.05, 4.69) is 4.74 Å². The first-order chi connectivity index (χ1) is 12.5. The van der Waals surface area contributed by atoms with Gasteiger partial charge >= 0.3 is 12.6 Å². The van der Waals surface area contributed by atoms with E-state index in [0.717, 1.165) is 5.56 Å². The molecule has 1 heterocycles. The van der Waals surface area contributed by atoms with E-state index in [0.29, 0.717) is 18.0 Å². The van der Waals surface area contributed by atoms with Gasteiger partial charge in [-0.1, -0.05) is 30.3 Å². The van der Waals surface area contributed by atoms with Crippen LogP contribution in [0.5, 0.6) is 11.5 Å². The lowest BCUT2D eigenvalue weighted by Gasteiger charge is -2.16. The van der Waals surface area contributed by atoms with Crippen molar-refractivity contribution in [2.75, 3.05) is 13.1 Å². The molecule has 0 radical (unpaired) electrons. The number of carbonyl (C=O) groups is 1. The number of likely N-dealkylation sites (tertiary alicyclic amines) is 1. The van der Waals surface area contributed by atoms with Gasteiger partial charge in [0, 0.05) is 19.6 Å². The molecule has 2 aromatic carbocycles. The highest BCUT2D eigenvalue weighted by Crippen LogP contribution is 2.26. The van der Waals surface area contributed by atoms with Crippen LogP contribution >= 0.6 is 0 Å². The Morgan fingerprint density at radius 1 is 1.12 bits per heavy atom. The summed E-state index contributed by atoms with van der Waals surface area (Å²) in [5.41, 5.74) is 0.903. The lowest BCUT2D eigenvalue weighted by Crippen LogP contribution is -2.30. The molecule has 26 heavy (non-hydrogen) atoms. The molecule has 2 atom stereocenters. The Bertz CT molecular complexity index is 741. The molecule has 0 amide bonds. The number of hydrogen-bond donors (Lipinski definition) is 1. The molecule has 1 saturated heterocycles. The van der Waals surface area contributed by atoms with Gasteiger partial charge in [-0.3, -0.25) is 9.69 Å². The topological polar surface area (TPSA) is 59.0 Å². The van der Waals surface area contributed by atoms with Crippen LogP contribution in [0.2, 0.25) is 0 Å². The average Bonchev–Trinajstić information content (AvgIpc) is 2.98. The zero-order valence-electron chi connectivity index (χ0n) is 13.9. The summed E-state index contributed by atoms with van der Waals surface area (Å²) in [6.07, 6.45) is -1.02. The third-order valence-electron chi connectivity index (χ3n) is 4.22. The normalized spacial score (nSPS) is 20.4. The molecule has 1 fully saturated rings. The Balaban J connectivity index is 1.65. The fourth-order valence-electron chi connectivity index (χ4n) is 3.08. The van der Waals surface area contributed by atoms with E-state index in [-0.39, 0.29) is 13.1 Å². The van der Waals surface area contributed by atoms with Gasteiger partial charge in [-0.2, -0.15) is 8.78 Å². The lowest BCUT2D eigenvalue weighted by atomic mass is 10.1. The molecule has 5 nitrogen and oxygen atoms in total. The second-order valence-corrected chi connectivity index (χ2v) is 6.14. The molecular formula is C19H19F2NO4. The van der Waals surface area contributed by atoms with Crippen molar-refractivity contribution in [2.45, 2.75) is 19.3 Å². The Kier molecular flexibility index (Phi) is 5.80. The molecule has 0 saturated carbocycles. The fourth-order valence-corrected chi connectivity index (χ4v) is 3.08. The van der Waals surface area contributed by atoms with Gasteiger partial charge in [-0.25, -0.2) is 0 Å². The predicted octanol–water partition coefficient (Wildman–Crippen LogP) is 3.60. The highest BCUT2D eigenvalue weighted by molar-refractivity contribution is 5.71. The average molecular weight is 363 g/mol. The molecule has 1 aliphatic rings. The molecule has 0 bridgehead atoms. The Hall–Kier alpha value is -2.51. The van der Waals surface area contributed by atoms with Crippen LogP contribution in [-0.2, 0) is 16.1 Å². The van der Waals surface area contributed by atoms with Gasteiger partial charge < -0.3 is 14.6 Å². The molecule has 0 aromatic heterocycles. The summed E-state index contributed by atoms with van der Waals surface area (Å²) < 4.78 is 35.2. The van der Waals surface area contributed by atoms with Crippen molar-refractivity contribution in [1.82, 2.24) is 4.90 Å². The predicted molar refractivity (Wildman–Crippen MR) is 90.2 cm³/mol. The van der Waals surface area contributed by atoms with Crippen LogP contribution in [0.25, 0.3) is 0 Å². The van der Waals surface area contributed by atoms with Gasteiger partial charge in [0.05, 0.1) is 12.0 Å². The van der Waals surface area contributed by atoms with Crippen molar-refractivity contribution in [3.05, 3.63) is 60.2 Å². The molecular weight excluding hydrogens is 344 g/mol. The first kappa shape index (κ1) is 18.3. The SMILES string of the molecule is O=C(O)C1CN(Cc2cccc(Oc3ccccc3)c2)CC1OC(F)F. The molecule has 0 aliphatic carbocycles. The van der Waals surface area contributed by atoms with E-state index in [9.17, 15) is 18.7 Å². The molecule has 7 heteroatoms. The number of halogens is 2. The van der Waals surface area contributed by atoms with Crippen molar-refractivity contribution >= 4 is 5.97 Å². The van der Waals surface area contributed by atoms with Gasteiger partial charge in [0.1, 0.15) is 11.5 Å². The number of para-hydroxylation sites is 1. The fraction of sp³-hybridized carbons (Fsp3) is 0.316. The monoisotopic (exact) mass is 363 g/mol. The number of aliphatic carboxylic acids is 1. The molecule has 1 aliphatic heterocycles. The highest BCUT2D eigenvalue weighted by atomic mass is 19.3. The Morgan fingerprint density at radius 3 is 2.54 bits per heavy atom. The van der Waals surface area contributed by atoms with Gasteiger partial charge in [0.25, 0.3) is 0 Å². The number of carboxylic acids is 1. The standard InChI is InChI=1S/C19H19F2NO4/c20-19(21)26-17-12-22(11-16(17)18(23)24)10-13-5-4-8-15(9-13)25-14-6-2-1-3-7-14/h1-9,16-17,19H,10-12H2,(H,23,24). The van der Waals surface area contributed by atoms with Gasteiger partial charge in [0.2, 0.25) is 0 Å². The van der Waals surface area contributed by atoms with Crippen molar-refractivity contribution in [1.29, 1.82) is 0 Å². The third-order valence-corrected chi connectivity index (χ3v) is 4.22. The summed E-state index contributed by atoms with van der Waals surface area (Å²) in [7, 11) is 0. The summed E-state index contributed by atoms with van der Waals surface area (Å²) in [5.74, 6) is -0.725. The second-order valence-electron chi connectivity index (χ2n) is 6.14. The van der Waals surface area contributed by atoms with E-state index < -0.39 is 24.6 Å². The van der Waals surface area contributed by atoms with Crippen LogP contribution in [0.4, 0.5) is 8.78 Å². The van der Waals surface area contributed by atoms with Crippen LogP contribution < -0.4 is 4.74 Å². The highest BCUT2D eigenvalue weighted by Gasteiger charge is 2.39. The maximum Gasteiger partial charge on any atom is 0.345 e. The molecule has 2 unspecified atom stereocenters. The van der Waals surface area contributed by atoms with Gasteiger partial charge in [-0.15, -0.1) is 0 Å². The first-order valence-corrected chi connectivity index (χ1v) is 8.22. The van der Waals surface area contributed by atoms with E-state index >= 15 is 0 Å². The number of hydrogen-bond acceptors (Lipinski definition) is 4. The zero-order valence-corrected chi connectivity index (χ0v) is 13.9. The van der Waals surface area contributed by atoms with E-state index in [4.69, 9.17) is 4.74 Å². The number of alkyl halides is 2. The third kappa shape index (κ3) is 4.77. The number of nitrogens with zero attached hydrogens (tertiary/aromatic N) is 1. The largest absolute Gasteiger partial charge is 0.481 e. The summed E-state index contributed by atoms with van der Waals surface area (Å²) in [5, 5.41) is 9.22. The van der Waals surface area contributed by atoms with Crippen LogP contribution in [0.1, 0.15) is 5.56 Å².